The average molecular weight is 166 g/mol. The molecule has 0 unspecified atom stereocenters. The van der Waals surface area contributed by atoms with Crippen molar-refractivity contribution in [2.45, 2.75) is 27.2 Å². The van der Waals surface area contributed by atoms with E-state index in [0.717, 1.165) is 6.42 Å². The van der Waals surface area contributed by atoms with E-state index in [2.05, 4.69) is 32.7 Å². The molecule has 0 aromatic carbocycles. The molecule has 58 valence electrons. The minimum absolute atomic E-state index is 0.918. The molecule has 0 fully saturated rings. The first-order valence-electron chi connectivity index (χ1n) is 3.71. The van der Waals surface area contributed by atoms with Crippen LogP contribution in [0.4, 0.5) is 0 Å². The van der Waals surface area contributed by atoms with Gasteiger partial charge in [0.25, 0.3) is 0 Å². The van der Waals surface area contributed by atoms with E-state index < -0.39 is 0 Å². The first kappa shape index (κ1) is 8.29. The Labute approximate surface area is 71.7 Å². The van der Waals surface area contributed by atoms with Gasteiger partial charge < -0.3 is 0 Å². The fourth-order valence-electron chi connectivity index (χ4n) is 0.740. The predicted octanol–water partition coefficient (Wildman–Crippen LogP) is 1.87. The Kier molecular flexibility index (Phi) is 2.67. The van der Waals surface area contributed by atoms with E-state index in [1.165, 1.54) is 10.6 Å². The van der Waals surface area contributed by atoms with Gasteiger partial charge >= 0.3 is 0 Å². The summed E-state index contributed by atoms with van der Waals surface area (Å²) in [5, 5.41) is 0. The molecule has 0 atom stereocenters. The molecule has 1 nitrogen and oxygen atoms in total. The molecular formula is C9H12NS+. The van der Waals surface area contributed by atoms with E-state index in [1.54, 1.807) is 11.3 Å². The van der Waals surface area contributed by atoms with Gasteiger partial charge in [-0.05, 0) is 12.8 Å². The Balaban J connectivity index is 2.96. The molecule has 0 bridgehead atoms. The first-order chi connectivity index (χ1) is 5.25. The van der Waals surface area contributed by atoms with Crippen molar-refractivity contribution in [3.63, 3.8) is 0 Å². The maximum absolute atomic E-state index is 3.06. The lowest BCUT2D eigenvalue weighted by atomic mass is 10.4. The highest BCUT2D eigenvalue weighted by Gasteiger charge is 2.08. The van der Waals surface area contributed by atoms with Gasteiger partial charge in [-0.1, -0.05) is 18.3 Å². The third-order valence-corrected chi connectivity index (χ3v) is 2.55. The van der Waals surface area contributed by atoms with E-state index in [0.29, 0.717) is 0 Å². The smallest absolute Gasteiger partial charge is 0.105 e. The summed E-state index contributed by atoms with van der Waals surface area (Å²) in [6.07, 6.45) is 0.918. The summed E-state index contributed by atoms with van der Waals surface area (Å²) in [7, 11) is 0. The third kappa shape index (κ3) is 1.81. The molecule has 0 aliphatic carbocycles. The fraction of sp³-hybridized carbons (Fsp3) is 0.444. The Morgan fingerprint density at radius 1 is 1.55 bits per heavy atom. The number of rotatable bonds is 0. The first-order valence-corrected chi connectivity index (χ1v) is 4.59. The second-order valence-electron chi connectivity index (χ2n) is 2.38. The van der Waals surface area contributed by atoms with E-state index in [4.69, 9.17) is 0 Å². The van der Waals surface area contributed by atoms with E-state index in [1.807, 2.05) is 10.1 Å². The number of thiazole rings is 1. The van der Waals surface area contributed by atoms with Crippen LogP contribution in [0.3, 0.4) is 0 Å². The molecule has 0 N–H and O–H groups in total. The second-order valence-corrected chi connectivity index (χ2v) is 3.44. The summed E-state index contributed by atoms with van der Waals surface area (Å²) in [6, 6.07) is 3.06. The molecular weight excluding hydrogens is 154 g/mol. The zero-order chi connectivity index (χ0) is 8.27. The van der Waals surface area contributed by atoms with Gasteiger partial charge in [-0.15, -0.1) is 4.57 Å². The van der Waals surface area contributed by atoms with Gasteiger partial charge in [-0.2, -0.15) is 0 Å². The van der Waals surface area contributed by atoms with Gasteiger partial charge in [-0.3, -0.25) is 0 Å². The summed E-state index contributed by atoms with van der Waals surface area (Å²) in [6.45, 7) is 6.27. The van der Waals surface area contributed by atoms with Crippen molar-refractivity contribution in [3.8, 4) is 12.0 Å². The largest absolute Gasteiger partial charge is 0.240 e. The number of aryl methyl sites for hydroxylation is 1. The van der Waals surface area contributed by atoms with Crippen molar-refractivity contribution in [2.24, 2.45) is 0 Å². The van der Waals surface area contributed by atoms with Crippen LogP contribution >= 0.6 is 11.3 Å². The van der Waals surface area contributed by atoms with Crippen LogP contribution in [-0.4, -0.2) is 0 Å². The Bertz CT molecular complexity index is 301. The minimum Gasteiger partial charge on any atom is -0.105 e. The molecule has 0 spiro atoms. The standard InChI is InChI=1S/C9H12NS/c1-4-5-6-10-7-11-9(3)8(10)2/h7H,4H2,1-3H3/q+1. The number of hydrogen-bond acceptors (Lipinski definition) is 1. The second kappa shape index (κ2) is 3.54. The van der Waals surface area contributed by atoms with Crippen molar-refractivity contribution < 1.29 is 4.57 Å². The highest BCUT2D eigenvalue weighted by atomic mass is 32.1. The van der Waals surface area contributed by atoms with Crippen LogP contribution in [0.5, 0.6) is 0 Å². The van der Waals surface area contributed by atoms with Crippen molar-refractivity contribution in [2.75, 3.05) is 0 Å². The van der Waals surface area contributed by atoms with Crippen LogP contribution in [-0.2, 0) is 0 Å². The van der Waals surface area contributed by atoms with Crippen LogP contribution < -0.4 is 4.57 Å². The van der Waals surface area contributed by atoms with Crippen molar-refractivity contribution in [3.05, 3.63) is 16.1 Å². The van der Waals surface area contributed by atoms with Crippen LogP contribution in [0, 0.1) is 25.8 Å². The molecule has 0 aliphatic rings. The fourth-order valence-corrected chi connectivity index (χ4v) is 1.48. The van der Waals surface area contributed by atoms with Gasteiger partial charge in [0.05, 0.1) is 4.88 Å². The summed E-state index contributed by atoms with van der Waals surface area (Å²) in [5.41, 5.74) is 3.31. The Hall–Kier alpha value is -0.810. The third-order valence-electron chi connectivity index (χ3n) is 1.58. The van der Waals surface area contributed by atoms with Crippen LogP contribution in [0.15, 0.2) is 5.51 Å². The summed E-state index contributed by atoms with van der Waals surface area (Å²) in [4.78, 5) is 1.34. The van der Waals surface area contributed by atoms with Gasteiger partial charge in [0.2, 0.25) is 17.2 Å². The number of aromatic nitrogens is 1. The van der Waals surface area contributed by atoms with E-state index >= 15 is 0 Å². The molecule has 1 aromatic rings. The van der Waals surface area contributed by atoms with Gasteiger partial charge in [0.1, 0.15) is 0 Å². The highest BCUT2D eigenvalue weighted by molar-refractivity contribution is 7.09. The Morgan fingerprint density at radius 3 is 2.73 bits per heavy atom. The molecule has 1 aromatic heterocycles. The van der Waals surface area contributed by atoms with Gasteiger partial charge in [0, 0.05) is 13.3 Å². The number of hydrogen-bond donors (Lipinski definition) is 0. The molecule has 2 heteroatoms. The normalized spacial score (nSPS) is 9.00. The lowest BCUT2D eigenvalue weighted by Gasteiger charge is -1.78. The topological polar surface area (TPSA) is 3.88 Å². The minimum atomic E-state index is 0.918. The van der Waals surface area contributed by atoms with Gasteiger partial charge in [-0.25, -0.2) is 0 Å². The summed E-state index contributed by atoms with van der Waals surface area (Å²) >= 11 is 1.74. The quantitative estimate of drug-likeness (QED) is 0.409. The predicted molar refractivity (Wildman–Crippen MR) is 47.5 cm³/mol. The van der Waals surface area contributed by atoms with Crippen molar-refractivity contribution >= 4 is 11.3 Å². The van der Waals surface area contributed by atoms with Gasteiger partial charge in [0.15, 0.2) is 0 Å². The van der Waals surface area contributed by atoms with E-state index in [9.17, 15) is 0 Å². The summed E-state index contributed by atoms with van der Waals surface area (Å²) < 4.78 is 1.99. The molecule has 0 radical (unpaired) electrons. The van der Waals surface area contributed by atoms with Crippen molar-refractivity contribution in [1.29, 1.82) is 0 Å². The highest BCUT2D eigenvalue weighted by Crippen LogP contribution is 2.06. The maximum Gasteiger partial charge on any atom is 0.240 e. The lowest BCUT2D eigenvalue weighted by Crippen LogP contribution is -2.28. The molecule has 1 heterocycles. The zero-order valence-corrected chi connectivity index (χ0v) is 7.96. The zero-order valence-electron chi connectivity index (χ0n) is 7.14. The molecule has 11 heavy (non-hydrogen) atoms. The van der Waals surface area contributed by atoms with Crippen LogP contribution in [0.2, 0.25) is 0 Å². The maximum atomic E-state index is 3.06. The Morgan fingerprint density at radius 2 is 2.27 bits per heavy atom. The monoisotopic (exact) mass is 166 g/mol. The average Bonchev–Trinajstić information content (AvgIpc) is 2.31. The molecule has 0 saturated carbocycles. The number of nitrogens with zero attached hydrogens (tertiary/aromatic N) is 1. The van der Waals surface area contributed by atoms with Crippen LogP contribution in [0.25, 0.3) is 0 Å². The molecule has 0 saturated heterocycles. The SMILES string of the molecule is CCC#C[n+]1csc(C)c1C. The summed E-state index contributed by atoms with van der Waals surface area (Å²) in [5.74, 6) is 3.04. The molecule has 0 amide bonds. The lowest BCUT2D eigenvalue weighted by molar-refractivity contribution is -0.585. The van der Waals surface area contributed by atoms with Crippen molar-refractivity contribution in [1.82, 2.24) is 0 Å². The van der Waals surface area contributed by atoms with E-state index in [-0.39, 0.29) is 0 Å². The van der Waals surface area contributed by atoms with Crippen LogP contribution in [0.1, 0.15) is 23.9 Å². The molecule has 1 rings (SSSR count). The molecule has 0 aliphatic heterocycles.